The number of hydrogen-bond donors (Lipinski definition) is 2. The Morgan fingerprint density at radius 2 is 1.57 bits per heavy atom. The average molecular weight is 633 g/mol. The number of rotatable bonds is 12. The van der Waals surface area contributed by atoms with Gasteiger partial charge in [-0.1, -0.05) is 85.6 Å². The normalized spacial score (nSPS) is 22.6. The van der Waals surface area contributed by atoms with Gasteiger partial charge in [-0.25, -0.2) is 9.97 Å². The van der Waals surface area contributed by atoms with Gasteiger partial charge in [0.05, 0.1) is 19.1 Å². The highest BCUT2D eigenvalue weighted by Gasteiger charge is 2.65. The number of anilines is 1. The van der Waals surface area contributed by atoms with Crippen LogP contribution in [0.4, 0.5) is 5.82 Å². The molecule has 1 aliphatic heterocycles. The molecule has 0 amide bonds. The summed E-state index contributed by atoms with van der Waals surface area (Å²) in [5, 5.41) is 15.2. The molecule has 3 aromatic carbocycles. The van der Waals surface area contributed by atoms with Crippen LogP contribution in [0.1, 0.15) is 43.2 Å². The lowest BCUT2D eigenvalue weighted by Crippen LogP contribution is -2.54. The number of hydrogen-bond acceptors (Lipinski definition) is 8. The third-order valence-electron chi connectivity index (χ3n) is 9.35. The summed E-state index contributed by atoms with van der Waals surface area (Å²) >= 11 is 0. The van der Waals surface area contributed by atoms with E-state index in [9.17, 15) is 5.11 Å². The second kappa shape index (κ2) is 13.2. The molecule has 2 N–H and O–H groups in total. The van der Waals surface area contributed by atoms with Crippen LogP contribution in [0.15, 0.2) is 104 Å². The Bertz CT molecular complexity index is 1790. The van der Waals surface area contributed by atoms with Crippen molar-refractivity contribution in [2.75, 3.05) is 32.8 Å². The van der Waals surface area contributed by atoms with Gasteiger partial charge in [-0.3, -0.25) is 0 Å². The van der Waals surface area contributed by atoms with Gasteiger partial charge in [0.1, 0.15) is 40.8 Å². The molecular formula is C38H40N4O5. The van der Waals surface area contributed by atoms with E-state index in [1.54, 1.807) is 14.2 Å². The Morgan fingerprint density at radius 1 is 0.936 bits per heavy atom. The largest absolute Gasteiger partial charge is 0.497 e. The van der Waals surface area contributed by atoms with E-state index < -0.39 is 29.1 Å². The van der Waals surface area contributed by atoms with Gasteiger partial charge in [0.25, 0.3) is 0 Å². The Hall–Kier alpha value is -4.72. The molecule has 5 aromatic rings. The molecule has 6 rings (SSSR count). The number of fused-ring (bicyclic) bond motifs is 1. The number of aliphatic hydroxyl groups excluding tert-OH is 1. The second-order valence-corrected chi connectivity index (χ2v) is 11.5. The minimum atomic E-state index is -1.35. The molecule has 4 atom stereocenters. The van der Waals surface area contributed by atoms with Crippen molar-refractivity contribution in [3.05, 3.63) is 120 Å². The van der Waals surface area contributed by atoms with Crippen LogP contribution in [0.3, 0.4) is 0 Å². The first kappa shape index (κ1) is 32.2. The van der Waals surface area contributed by atoms with Crippen LogP contribution in [0.2, 0.25) is 0 Å². The van der Waals surface area contributed by atoms with Crippen LogP contribution in [0, 0.1) is 12.3 Å². The van der Waals surface area contributed by atoms with Gasteiger partial charge in [-0.15, -0.1) is 6.42 Å². The van der Waals surface area contributed by atoms with Gasteiger partial charge in [0.2, 0.25) is 5.60 Å². The topological polar surface area (TPSA) is 99.9 Å². The molecule has 2 aromatic heterocycles. The van der Waals surface area contributed by atoms with Crippen molar-refractivity contribution in [3.63, 3.8) is 0 Å². The van der Waals surface area contributed by atoms with Crippen molar-refractivity contribution < 1.29 is 24.1 Å². The first-order chi connectivity index (χ1) is 23.0. The lowest BCUT2D eigenvalue weighted by molar-refractivity contribution is -0.140. The summed E-state index contributed by atoms with van der Waals surface area (Å²) in [6, 6.07) is 30.5. The summed E-state index contributed by atoms with van der Waals surface area (Å²) < 4.78 is 26.3. The maximum absolute atomic E-state index is 10.6. The highest BCUT2D eigenvalue weighted by molar-refractivity contribution is 5.88. The highest BCUT2D eigenvalue weighted by atomic mass is 16.6. The predicted octanol–water partition coefficient (Wildman–Crippen LogP) is 5.94. The predicted molar refractivity (Wildman–Crippen MR) is 181 cm³/mol. The fourth-order valence-electron chi connectivity index (χ4n) is 6.88. The van der Waals surface area contributed by atoms with Crippen molar-refractivity contribution in [2.45, 2.75) is 49.3 Å². The molecule has 242 valence electrons. The number of terminal acetylenes is 1. The zero-order chi connectivity index (χ0) is 33.1. The molecular weight excluding hydrogens is 592 g/mol. The molecule has 9 heteroatoms. The summed E-state index contributed by atoms with van der Waals surface area (Å²) in [6.45, 7) is 3.89. The van der Waals surface area contributed by atoms with Gasteiger partial charge in [0.15, 0.2) is 6.23 Å². The standard InChI is InChI=1S/C38H40N4O5/c1-6-36(25-43)34(46-8-3)37(7-2,45-5)35(47-36)42-24-23-31-32(39-26-40-33(31)42)41-38(27-15-11-9-12-16-27,28-17-13-10-14-18-28)29-19-21-30(44-4)22-20-29/h2,9-24,26,34-35,43H,6,8,25H2,1,3-5H3,(H,39,40,41)/t34-,35-,36+,37-/m1/s1. The maximum atomic E-state index is 10.6. The van der Waals surface area contributed by atoms with E-state index in [1.165, 1.54) is 6.33 Å². The summed E-state index contributed by atoms with van der Waals surface area (Å²) in [5.41, 5.74) is 0.310. The minimum absolute atomic E-state index is 0.295. The molecule has 0 radical (unpaired) electrons. The number of methoxy groups -OCH3 is 2. The fraction of sp³-hybridized carbons (Fsp3) is 0.316. The van der Waals surface area contributed by atoms with E-state index in [1.807, 2.05) is 79.2 Å². The second-order valence-electron chi connectivity index (χ2n) is 11.5. The number of nitrogens with zero attached hydrogens (tertiary/aromatic N) is 3. The summed E-state index contributed by atoms with van der Waals surface area (Å²) in [6.07, 6.45) is 8.48. The lowest BCUT2D eigenvalue weighted by Gasteiger charge is -2.37. The van der Waals surface area contributed by atoms with Gasteiger partial charge in [0, 0.05) is 19.9 Å². The quantitative estimate of drug-likeness (QED) is 0.129. The van der Waals surface area contributed by atoms with E-state index in [2.05, 4.69) is 47.6 Å². The molecule has 0 unspecified atom stereocenters. The Labute approximate surface area is 275 Å². The smallest absolute Gasteiger partial charge is 0.202 e. The first-order valence-corrected chi connectivity index (χ1v) is 15.7. The van der Waals surface area contributed by atoms with Crippen molar-refractivity contribution in [2.24, 2.45) is 0 Å². The van der Waals surface area contributed by atoms with Crippen LogP contribution in [0.5, 0.6) is 5.75 Å². The summed E-state index contributed by atoms with van der Waals surface area (Å²) in [5.74, 6) is 4.20. The molecule has 0 bridgehead atoms. The van der Waals surface area contributed by atoms with Crippen molar-refractivity contribution in [3.8, 4) is 18.1 Å². The van der Waals surface area contributed by atoms with Gasteiger partial charge < -0.3 is 33.9 Å². The minimum Gasteiger partial charge on any atom is -0.497 e. The summed E-state index contributed by atoms with van der Waals surface area (Å²) in [4.78, 5) is 9.50. The van der Waals surface area contributed by atoms with Gasteiger partial charge in [-0.2, -0.15) is 0 Å². The Balaban J connectivity index is 1.54. The zero-order valence-electron chi connectivity index (χ0n) is 27.1. The Kier molecular flexibility index (Phi) is 9.04. The van der Waals surface area contributed by atoms with E-state index in [0.29, 0.717) is 24.5 Å². The molecule has 1 aliphatic rings. The fourth-order valence-corrected chi connectivity index (χ4v) is 6.88. The molecule has 1 saturated heterocycles. The maximum Gasteiger partial charge on any atom is 0.202 e. The number of nitrogens with one attached hydrogen (secondary N) is 1. The monoisotopic (exact) mass is 632 g/mol. The SMILES string of the molecule is C#C[C@@]1(OC)[C@H](OCC)[C@](CC)(CO)O[C@H]1n1ccc2c(NC(c3ccccc3)(c3ccccc3)c3ccc(OC)cc3)ncnc21. The van der Waals surface area contributed by atoms with Crippen molar-refractivity contribution in [1.29, 1.82) is 0 Å². The van der Waals surface area contributed by atoms with Crippen LogP contribution in [-0.4, -0.2) is 64.4 Å². The molecule has 0 spiro atoms. The van der Waals surface area contributed by atoms with Crippen LogP contribution < -0.4 is 10.1 Å². The van der Waals surface area contributed by atoms with Gasteiger partial charge in [-0.05, 0) is 48.2 Å². The molecule has 0 saturated carbocycles. The molecule has 1 fully saturated rings. The molecule has 3 heterocycles. The van der Waals surface area contributed by atoms with Crippen LogP contribution in [-0.2, 0) is 19.7 Å². The first-order valence-electron chi connectivity index (χ1n) is 15.7. The van der Waals surface area contributed by atoms with E-state index in [4.69, 9.17) is 35.3 Å². The third kappa shape index (κ3) is 5.14. The van der Waals surface area contributed by atoms with Gasteiger partial charge >= 0.3 is 0 Å². The molecule has 9 nitrogen and oxygen atoms in total. The number of benzene rings is 3. The number of aliphatic hydroxyl groups is 1. The molecule has 0 aliphatic carbocycles. The molecule has 47 heavy (non-hydrogen) atoms. The van der Waals surface area contributed by atoms with E-state index in [-0.39, 0.29) is 6.61 Å². The highest BCUT2D eigenvalue weighted by Crippen LogP contribution is 2.50. The number of aromatic nitrogens is 3. The van der Waals surface area contributed by atoms with Crippen molar-refractivity contribution >= 4 is 16.9 Å². The van der Waals surface area contributed by atoms with Crippen molar-refractivity contribution in [1.82, 2.24) is 14.5 Å². The third-order valence-corrected chi connectivity index (χ3v) is 9.35. The van der Waals surface area contributed by atoms with Crippen LogP contribution >= 0.6 is 0 Å². The van der Waals surface area contributed by atoms with Crippen LogP contribution in [0.25, 0.3) is 11.0 Å². The van der Waals surface area contributed by atoms with E-state index in [0.717, 1.165) is 27.8 Å². The summed E-state index contributed by atoms with van der Waals surface area (Å²) in [7, 11) is 3.20. The van der Waals surface area contributed by atoms with E-state index >= 15 is 0 Å². The number of ether oxygens (including phenoxy) is 4. The average Bonchev–Trinajstić information content (AvgIpc) is 3.69. The zero-order valence-corrected chi connectivity index (χ0v) is 27.1. The lowest BCUT2D eigenvalue weighted by atomic mass is 9.77. The Morgan fingerprint density at radius 3 is 2.11 bits per heavy atom.